The number of methoxy groups -OCH3 is 1. The Balaban J connectivity index is 2.07. The predicted octanol–water partition coefficient (Wildman–Crippen LogP) is 5.41. The van der Waals surface area contributed by atoms with E-state index >= 15 is 0 Å². The van der Waals surface area contributed by atoms with Gasteiger partial charge in [0.1, 0.15) is 24.2 Å². The quantitative estimate of drug-likeness (QED) is 0.316. The summed E-state index contributed by atoms with van der Waals surface area (Å²) >= 11 is 6.20. The van der Waals surface area contributed by atoms with Gasteiger partial charge in [0, 0.05) is 17.1 Å². The molecule has 0 saturated carbocycles. The van der Waals surface area contributed by atoms with Crippen molar-refractivity contribution in [3.05, 3.63) is 89.2 Å². The van der Waals surface area contributed by atoms with E-state index in [0.29, 0.717) is 11.3 Å². The van der Waals surface area contributed by atoms with Gasteiger partial charge in [-0.15, -0.1) is 0 Å². The fourth-order valence-electron chi connectivity index (χ4n) is 4.19. The highest BCUT2D eigenvalue weighted by Crippen LogP contribution is 2.28. The number of hydrogen-bond acceptors (Lipinski definition) is 5. The number of sulfonamides is 1. The molecule has 41 heavy (non-hydrogen) atoms. The molecule has 1 N–H and O–H groups in total. The van der Waals surface area contributed by atoms with E-state index in [1.165, 1.54) is 72.7 Å². The summed E-state index contributed by atoms with van der Waals surface area (Å²) in [4.78, 5) is 28.6. The van der Waals surface area contributed by atoms with Gasteiger partial charge in [-0.05, 0) is 87.4 Å². The lowest BCUT2D eigenvalue weighted by atomic mass is 10.1. The fraction of sp³-hybridized carbons (Fsp3) is 0.333. The monoisotopic (exact) mass is 603 g/mol. The van der Waals surface area contributed by atoms with Gasteiger partial charge >= 0.3 is 0 Å². The summed E-state index contributed by atoms with van der Waals surface area (Å²) in [6.45, 7) is 6.58. The maximum Gasteiger partial charge on any atom is 0.264 e. The fourth-order valence-corrected chi connectivity index (χ4v) is 5.78. The van der Waals surface area contributed by atoms with Crippen LogP contribution in [0.4, 0.5) is 10.1 Å². The van der Waals surface area contributed by atoms with E-state index in [2.05, 4.69) is 5.32 Å². The molecule has 8 nitrogen and oxygen atoms in total. The van der Waals surface area contributed by atoms with Gasteiger partial charge in [-0.3, -0.25) is 13.9 Å². The first-order valence-electron chi connectivity index (χ1n) is 13.0. The molecule has 0 aliphatic rings. The number of amides is 2. The Labute approximate surface area is 246 Å². The molecule has 0 unspecified atom stereocenters. The van der Waals surface area contributed by atoms with Crippen molar-refractivity contribution in [2.75, 3.05) is 18.0 Å². The van der Waals surface area contributed by atoms with Gasteiger partial charge in [0.15, 0.2) is 0 Å². The van der Waals surface area contributed by atoms with Crippen molar-refractivity contribution in [2.45, 2.75) is 57.1 Å². The smallest absolute Gasteiger partial charge is 0.264 e. The van der Waals surface area contributed by atoms with E-state index in [4.69, 9.17) is 16.3 Å². The van der Waals surface area contributed by atoms with Gasteiger partial charge in [0.05, 0.1) is 17.7 Å². The summed E-state index contributed by atoms with van der Waals surface area (Å²) < 4.78 is 47.6. The minimum atomic E-state index is -4.26. The van der Waals surface area contributed by atoms with Crippen molar-refractivity contribution in [3.8, 4) is 5.75 Å². The molecule has 3 aromatic carbocycles. The van der Waals surface area contributed by atoms with Gasteiger partial charge in [0.25, 0.3) is 10.0 Å². The van der Waals surface area contributed by atoms with Gasteiger partial charge in [-0.1, -0.05) is 36.7 Å². The lowest BCUT2D eigenvalue weighted by Crippen LogP contribution is -2.55. The second-order valence-electron chi connectivity index (χ2n) is 10.5. The van der Waals surface area contributed by atoms with Crippen molar-refractivity contribution in [1.29, 1.82) is 0 Å². The molecule has 0 aromatic heterocycles. The van der Waals surface area contributed by atoms with Gasteiger partial charge in [-0.25, -0.2) is 12.8 Å². The Morgan fingerprint density at radius 1 is 1.02 bits per heavy atom. The average molecular weight is 604 g/mol. The Bertz CT molecular complexity index is 1460. The molecular weight excluding hydrogens is 569 g/mol. The molecule has 0 bridgehead atoms. The molecular formula is C30H35ClFN3O5S. The summed E-state index contributed by atoms with van der Waals surface area (Å²) in [5, 5.41) is 3.19. The van der Waals surface area contributed by atoms with Crippen LogP contribution >= 0.6 is 11.6 Å². The van der Waals surface area contributed by atoms with E-state index in [0.717, 1.165) is 4.31 Å². The zero-order chi connectivity index (χ0) is 30.4. The molecule has 0 aliphatic carbocycles. The normalized spacial score (nSPS) is 12.4. The van der Waals surface area contributed by atoms with Crippen LogP contribution in [-0.4, -0.2) is 50.4 Å². The molecule has 0 heterocycles. The van der Waals surface area contributed by atoms with Crippen LogP contribution in [0.2, 0.25) is 5.02 Å². The minimum absolute atomic E-state index is 0.0405. The van der Waals surface area contributed by atoms with Crippen LogP contribution in [0, 0.1) is 5.82 Å². The van der Waals surface area contributed by atoms with E-state index in [1.807, 2.05) is 20.8 Å². The predicted molar refractivity (Wildman–Crippen MR) is 158 cm³/mol. The highest BCUT2D eigenvalue weighted by Gasteiger charge is 2.34. The molecule has 220 valence electrons. The lowest BCUT2D eigenvalue weighted by Gasteiger charge is -2.34. The van der Waals surface area contributed by atoms with Crippen LogP contribution in [0.1, 0.15) is 39.7 Å². The number of ether oxygens (including phenoxy) is 1. The van der Waals surface area contributed by atoms with Crippen LogP contribution in [-0.2, 0) is 26.2 Å². The van der Waals surface area contributed by atoms with Crippen LogP contribution in [0.25, 0.3) is 0 Å². The third-order valence-electron chi connectivity index (χ3n) is 6.17. The Morgan fingerprint density at radius 2 is 1.66 bits per heavy atom. The standard InChI is InChI=1S/C30H35ClFN3O5S/c1-6-27(29(37)33-30(2,3)4)34(19-21-10-12-23(32)13-11-21)28(36)20-35(24-9-7-8-22(31)18-24)41(38,39)26-16-14-25(40-5)15-17-26/h7-18,27H,6,19-20H2,1-5H3,(H,33,37)/t27-/m0/s1. The first-order chi connectivity index (χ1) is 19.2. The first kappa shape index (κ1) is 31.9. The number of carbonyl (C=O) groups is 2. The van der Waals surface area contributed by atoms with Crippen LogP contribution in [0.5, 0.6) is 5.75 Å². The third-order valence-corrected chi connectivity index (χ3v) is 8.20. The minimum Gasteiger partial charge on any atom is -0.497 e. The van der Waals surface area contributed by atoms with Crippen molar-refractivity contribution < 1.29 is 27.1 Å². The summed E-state index contributed by atoms with van der Waals surface area (Å²) in [6, 6.07) is 16.6. The Kier molecular flexibility index (Phi) is 10.4. The highest BCUT2D eigenvalue weighted by molar-refractivity contribution is 7.92. The third kappa shape index (κ3) is 8.43. The SMILES string of the molecule is CC[C@@H](C(=O)NC(C)(C)C)N(Cc1ccc(F)cc1)C(=O)CN(c1cccc(Cl)c1)S(=O)(=O)c1ccc(OC)cc1. The summed E-state index contributed by atoms with van der Waals surface area (Å²) in [7, 11) is -2.79. The lowest BCUT2D eigenvalue weighted by molar-refractivity contribution is -0.141. The molecule has 0 saturated heterocycles. The molecule has 0 spiro atoms. The van der Waals surface area contributed by atoms with Crippen molar-refractivity contribution in [2.24, 2.45) is 0 Å². The van der Waals surface area contributed by atoms with Crippen LogP contribution < -0.4 is 14.4 Å². The molecule has 3 rings (SSSR count). The average Bonchev–Trinajstić information content (AvgIpc) is 2.91. The molecule has 0 aliphatic heterocycles. The maximum absolute atomic E-state index is 14.0. The van der Waals surface area contributed by atoms with Gasteiger partial charge < -0.3 is 15.0 Å². The summed E-state index contributed by atoms with van der Waals surface area (Å²) in [6.07, 6.45) is 0.261. The molecule has 3 aromatic rings. The highest BCUT2D eigenvalue weighted by atomic mass is 35.5. The van der Waals surface area contributed by atoms with Crippen LogP contribution in [0.3, 0.4) is 0 Å². The number of carbonyl (C=O) groups excluding carboxylic acids is 2. The van der Waals surface area contributed by atoms with E-state index < -0.39 is 39.9 Å². The number of rotatable bonds is 11. The number of benzene rings is 3. The molecule has 0 radical (unpaired) electrons. The zero-order valence-corrected chi connectivity index (χ0v) is 25.3. The number of nitrogens with one attached hydrogen (secondary N) is 1. The van der Waals surface area contributed by atoms with Crippen molar-refractivity contribution in [3.63, 3.8) is 0 Å². The molecule has 11 heteroatoms. The van der Waals surface area contributed by atoms with E-state index in [9.17, 15) is 22.4 Å². The summed E-state index contributed by atoms with van der Waals surface area (Å²) in [5.41, 5.74) is 0.185. The Morgan fingerprint density at radius 3 is 2.20 bits per heavy atom. The molecule has 0 fully saturated rings. The number of hydrogen-bond donors (Lipinski definition) is 1. The van der Waals surface area contributed by atoms with Crippen molar-refractivity contribution >= 4 is 39.1 Å². The van der Waals surface area contributed by atoms with E-state index in [1.54, 1.807) is 19.1 Å². The van der Waals surface area contributed by atoms with Gasteiger partial charge in [0.2, 0.25) is 11.8 Å². The maximum atomic E-state index is 14.0. The second kappa shape index (κ2) is 13.4. The molecule has 1 atom stereocenters. The van der Waals surface area contributed by atoms with Crippen LogP contribution in [0.15, 0.2) is 77.7 Å². The number of anilines is 1. The first-order valence-corrected chi connectivity index (χ1v) is 14.8. The van der Waals surface area contributed by atoms with Gasteiger partial charge in [-0.2, -0.15) is 0 Å². The number of nitrogens with zero attached hydrogens (tertiary/aromatic N) is 2. The molecule has 2 amide bonds. The topological polar surface area (TPSA) is 96.0 Å². The summed E-state index contributed by atoms with van der Waals surface area (Å²) in [5.74, 6) is -0.984. The number of halogens is 2. The Hall–Kier alpha value is -3.63. The largest absolute Gasteiger partial charge is 0.497 e. The van der Waals surface area contributed by atoms with E-state index in [-0.39, 0.29) is 34.5 Å². The second-order valence-corrected chi connectivity index (χ2v) is 12.8. The zero-order valence-electron chi connectivity index (χ0n) is 23.7. The van der Waals surface area contributed by atoms with Crippen molar-refractivity contribution in [1.82, 2.24) is 10.2 Å².